The summed E-state index contributed by atoms with van der Waals surface area (Å²) in [5.74, 6) is -0.00952. The Kier molecular flexibility index (Phi) is 3.20. The lowest BCUT2D eigenvalue weighted by Crippen LogP contribution is -2.60. The molecule has 5 aliphatic carbocycles. The first kappa shape index (κ1) is 18.1. The molecule has 1 saturated heterocycles. The van der Waals surface area contributed by atoms with Gasteiger partial charge in [0.05, 0.1) is 17.4 Å². The first-order valence-corrected chi connectivity index (χ1v) is 11.4. The number of fused-ring (bicyclic) bond motifs is 7. The molecule has 9 atom stereocenters. The average Bonchev–Trinajstić information content (AvgIpc) is 3.31. The van der Waals surface area contributed by atoms with Crippen molar-refractivity contribution in [2.45, 2.75) is 77.2 Å². The van der Waals surface area contributed by atoms with E-state index < -0.39 is 11.3 Å². The maximum absolute atomic E-state index is 13.6. The van der Waals surface area contributed by atoms with Crippen molar-refractivity contribution in [1.82, 2.24) is 0 Å². The van der Waals surface area contributed by atoms with Gasteiger partial charge >= 0.3 is 5.97 Å². The molecule has 5 saturated carbocycles. The molecule has 1 spiro atoms. The molecular weight excluding hydrogens is 366 g/mol. The van der Waals surface area contributed by atoms with Crippen LogP contribution in [0.15, 0.2) is 0 Å². The first-order chi connectivity index (χ1) is 13.7. The fourth-order valence-corrected chi connectivity index (χ4v) is 9.64. The molecule has 0 N–H and O–H groups in total. The highest BCUT2D eigenvalue weighted by Gasteiger charge is 2.77. The fourth-order valence-electron chi connectivity index (χ4n) is 9.64. The maximum atomic E-state index is 13.6. The summed E-state index contributed by atoms with van der Waals surface area (Å²) in [5, 5.41) is 10.3. The smallest absolute Gasteiger partial charge is 0.306 e. The van der Waals surface area contributed by atoms with Crippen LogP contribution in [-0.4, -0.2) is 23.1 Å². The van der Waals surface area contributed by atoms with Gasteiger partial charge in [0.2, 0.25) is 0 Å². The van der Waals surface area contributed by atoms with E-state index in [9.17, 15) is 19.6 Å². The Bertz CT molecular complexity index is 905. The lowest BCUT2D eigenvalue weighted by Gasteiger charge is -2.62. The summed E-state index contributed by atoms with van der Waals surface area (Å²) in [6.07, 6.45) is 6.89. The van der Waals surface area contributed by atoms with Crippen LogP contribution in [0.2, 0.25) is 0 Å². The highest BCUT2D eigenvalue weighted by atomic mass is 16.6. The van der Waals surface area contributed by atoms with E-state index in [-0.39, 0.29) is 45.8 Å². The maximum Gasteiger partial charge on any atom is 0.306 e. The van der Waals surface area contributed by atoms with Crippen LogP contribution in [0, 0.1) is 57.2 Å². The van der Waals surface area contributed by atoms with Gasteiger partial charge in [0.1, 0.15) is 17.2 Å². The topological polar surface area (TPSA) is 84.2 Å². The molecule has 0 aromatic rings. The average molecular weight is 395 g/mol. The molecule has 154 valence electrons. The molecule has 0 amide bonds. The molecule has 1 aliphatic heterocycles. The molecule has 5 heteroatoms. The number of hydrogen-bond acceptors (Lipinski definition) is 5. The van der Waals surface area contributed by atoms with Crippen LogP contribution in [0.3, 0.4) is 0 Å². The van der Waals surface area contributed by atoms with E-state index in [2.05, 4.69) is 19.9 Å². The van der Waals surface area contributed by atoms with Crippen LogP contribution in [-0.2, 0) is 19.1 Å². The molecule has 2 bridgehead atoms. The standard InChI is InChI=1S/C24H29NO4/c1-21-8-5-16(26)19-20(28)13(11-23(19,21)12-25)18-14(21)3-7-22(2)15(18)4-9-24(22)10-6-17(27)29-24/h13-15,18-19H,3-11H2,1-2H3/t13-,14?,15?,18?,19-,21?,22?,23-,24+/m0/s1. The monoisotopic (exact) mass is 395 g/mol. The number of ether oxygens (including phenoxy) is 1. The fraction of sp³-hybridized carbons (Fsp3) is 0.833. The second-order valence-electron chi connectivity index (χ2n) is 11.4. The van der Waals surface area contributed by atoms with Crippen LogP contribution < -0.4 is 0 Å². The zero-order valence-corrected chi connectivity index (χ0v) is 17.3. The SMILES string of the molecule is CC12CCC3C(C1CC[C@@]21CCC(=O)O1)[C@@H]1C[C@]2(C#N)[C@@H](C(=O)CCC32C)C1=O. The highest BCUT2D eigenvalue weighted by molar-refractivity contribution is 6.07. The van der Waals surface area contributed by atoms with Crippen molar-refractivity contribution >= 4 is 17.5 Å². The van der Waals surface area contributed by atoms with Gasteiger partial charge in [-0.15, -0.1) is 0 Å². The minimum atomic E-state index is -0.797. The lowest BCUT2D eigenvalue weighted by atomic mass is 9.40. The summed E-state index contributed by atoms with van der Waals surface area (Å²) < 4.78 is 6.01. The van der Waals surface area contributed by atoms with E-state index in [1.54, 1.807) is 0 Å². The molecular formula is C24H29NO4. The lowest BCUT2D eigenvalue weighted by molar-refractivity contribution is -0.183. The molecule has 5 unspecified atom stereocenters. The number of esters is 1. The normalized spacial score (nSPS) is 57.4. The first-order valence-electron chi connectivity index (χ1n) is 11.4. The van der Waals surface area contributed by atoms with Gasteiger partial charge in [0.25, 0.3) is 0 Å². The molecule has 0 aromatic carbocycles. The second kappa shape index (κ2) is 5.13. The van der Waals surface area contributed by atoms with Gasteiger partial charge in [-0.25, -0.2) is 0 Å². The zero-order valence-electron chi connectivity index (χ0n) is 17.3. The van der Waals surface area contributed by atoms with E-state index in [4.69, 9.17) is 4.74 Å². The van der Waals surface area contributed by atoms with Crippen molar-refractivity contribution in [3.8, 4) is 6.07 Å². The number of nitrogens with zero attached hydrogens (tertiary/aromatic N) is 1. The van der Waals surface area contributed by atoms with Crippen LogP contribution in [0.1, 0.15) is 71.6 Å². The summed E-state index contributed by atoms with van der Waals surface area (Å²) in [7, 11) is 0. The number of carbonyl (C=O) groups excluding carboxylic acids is 3. The summed E-state index contributed by atoms with van der Waals surface area (Å²) in [6.45, 7) is 4.51. The third-order valence-corrected chi connectivity index (χ3v) is 11.1. The van der Waals surface area contributed by atoms with Crippen LogP contribution in [0.5, 0.6) is 0 Å². The van der Waals surface area contributed by atoms with E-state index in [0.717, 1.165) is 38.5 Å². The Morgan fingerprint density at radius 2 is 1.69 bits per heavy atom. The number of ketones is 2. The predicted octanol–water partition coefficient (Wildman–Crippen LogP) is 3.60. The van der Waals surface area contributed by atoms with Gasteiger partial charge in [-0.2, -0.15) is 5.26 Å². The second-order valence-corrected chi connectivity index (χ2v) is 11.4. The molecule has 6 aliphatic rings. The Hall–Kier alpha value is -1.70. The van der Waals surface area contributed by atoms with Crippen molar-refractivity contribution in [2.24, 2.45) is 45.8 Å². The summed E-state index contributed by atoms with van der Waals surface area (Å²) >= 11 is 0. The summed E-state index contributed by atoms with van der Waals surface area (Å²) in [6, 6.07) is 2.56. The van der Waals surface area contributed by atoms with E-state index in [1.165, 1.54) is 0 Å². The van der Waals surface area contributed by atoms with E-state index in [1.807, 2.05) is 0 Å². The van der Waals surface area contributed by atoms with Crippen molar-refractivity contribution in [3.05, 3.63) is 0 Å². The Morgan fingerprint density at radius 3 is 2.38 bits per heavy atom. The zero-order chi connectivity index (χ0) is 20.4. The number of carbonyl (C=O) groups is 3. The Labute approximate surface area is 171 Å². The van der Waals surface area contributed by atoms with Crippen molar-refractivity contribution in [3.63, 3.8) is 0 Å². The largest absolute Gasteiger partial charge is 0.458 e. The van der Waals surface area contributed by atoms with Gasteiger partial charge < -0.3 is 4.74 Å². The van der Waals surface area contributed by atoms with Crippen LogP contribution in [0.25, 0.3) is 0 Å². The Morgan fingerprint density at radius 1 is 0.966 bits per heavy atom. The molecule has 0 radical (unpaired) electrons. The van der Waals surface area contributed by atoms with Crippen molar-refractivity contribution in [2.75, 3.05) is 0 Å². The number of rotatable bonds is 0. The van der Waals surface area contributed by atoms with Gasteiger partial charge in [-0.1, -0.05) is 13.8 Å². The van der Waals surface area contributed by atoms with Crippen molar-refractivity contribution < 1.29 is 19.1 Å². The minimum absolute atomic E-state index is 0.00514. The molecule has 6 rings (SSSR count). The minimum Gasteiger partial charge on any atom is -0.458 e. The third kappa shape index (κ3) is 1.71. The molecule has 1 heterocycles. The van der Waals surface area contributed by atoms with E-state index in [0.29, 0.717) is 31.1 Å². The van der Waals surface area contributed by atoms with E-state index >= 15 is 0 Å². The predicted molar refractivity (Wildman–Crippen MR) is 102 cm³/mol. The van der Waals surface area contributed by atoms with Crippen molar-refractivity contribution in [1.29, 1.82) is 5.26 Å². The summed E-state index contributed by atoms with van der Waals surface area (Å²) in [5.41, 5.74) is -1.52. The van der Waals surface area contributed by atoms with Gasteiger partial charge in [0.15, 0.2) is 0 Å². The molecule has 0 aromatic heterocycles. The Balaban J connectivity index is 1.48. The van der Waals surface area contributed by atoms with Gasteiger partial charge in [-0.05, 0) is 68.1 Å². The summed E-state index contributed by atoms with van der Waals surface area (Å²) in [4.78, 5) is 38.4. The number of hydrogen-bond donors (Lipinski definition) is 0. The van der Waals surface area contributed by atoms with Gasteiger partial charge in [0, 0.05) is 24.2 Å². The highest BCUT2D eigenvalue weighted by Crippen LogP contribution is 2.76. The number of nitriles is 1. The number of Topliss-reactive ketones (excluding diaryl/α,β-unsaturated/α-hetero) is 2. The molecule has 6 fully saturated rings. The van der Waals surface area contributed by atoms with Crippen LogP contribution in [0.4, 0.5) is 0 Å². The van der Waals surface area contributed by atoms with Crippen LogP contribution >= 0.6 is 0 Å². The van der Waals surface area contributed by atoms with Gasteiger partial charge in [-0.3, -0.25) is 14.4 Å². The molecule has 5 nitrogen and oxygen atoms in total. The third-order valence-electron chi connectivity index (χ3n) is 11.1. The molecule has 29 heavy (non-hydrogen) atoms. The quantitative estimate of drug-likeness (QED) is 0.462.